The number of nitrogens with one attached hydrogen (secondary N) is 1. The summed E-state index contributed by atoms with van der Waals surface area (Å²) in [6.07, 6.45) is 3.67. The van der Waals surface area contributed by atoms with Gasteiger partial charge in [0.05, 0.1) is 6.04 Å². The molecule has 2 rings (SSSR count). The van der Waals surface area contributed by atoms with E-state index in [1.165, 1.54) is 6.07 Å². The van der Waals surface area contributed by atoms with Crippen molar-refractivity contribution >= 4 is 0 Å². The molecule has 0 aliphatic carbocycles. The number of aryl methyl sites for hydroxylation is 1. The molecule has 0 saturated carbocycles. The highest BCUT2D eigenvalue weighted by atomic mass is 19.1. The lowest BCUT2D eigenvalue weighted by atomic mass is 10.1. The van der Waals surface area contributed by atoms with Crippen molar-refractivity contribution in [2.75, 3.05) is 0 Å². The lowest BCUT2D eigenvalue weighted by molar-refractivity contribution is 0.452. The van der Waals surface area contributed by atoms with Gasteiger partial charge >= 0.3 is 0 Å². The number of rotatable bonds is 4. The Bertz CT molecular complexity index is 521. The van der Waals surface area contributed by atoms with Crippen molar-refractivity contribution in [3.8, 4) is 0 Å². The predicted octanol–water partition coefficient (Wildman–Crippen LogP) is 2.97. The van der Waals surface area contributed by atoms with E-state index in [0.29, 0.717) is 5.56 Å². The second kappa shape index (κ2) is 5.31. The highest BCUT2D eigenvalue weighted by molar-refractivity contribution is 5.20. The van der Waals surface area contributed by atoms with Crippen LogP contribution in [-0.4, -0.2) is 9.55 Å². The lowest BCUT2D eigenvalue weighted by Gasteiger charge is -2.20. The Labute approximate surface area is 107 Å². The molecule has 0 spiro atoms. The van der Waals surface area contributed by atoms with Gasteiger partial charge in [-0.05, 0) is 19.9 Å². The van der Waals surface area contributed by atoms with Gasteiger partial charge in [-0.25, -0.2) is 9.37 Å². The Morgan fingerprint density at radius 1 is 1.22 bits per heavy atom. The molecule has 3 nitrogen and oxygen atoms in total. The molecule has 2 unspecified atom stereocenters. The van der Waals surface area contributed by atoms with Gasteiger partial charge in [0.1, 0.15) is 11.6 Å². The van der Waals surface area contributed by atoms with Crippen molar-refractivity contribution in [1.82, 2.24) is 14.9 Å². The maximum atomic E-state index is 13.7. The first-order chi connectivity index (χ1) is 8.59. The van der Waals surface area contributed by atoms with Crippen LogP contribution in [0.25, 0.3) is 0 Å². The third-order valence-electron chi connectivity index (χ3n) is 3.12. The van der Waals surface area contributed by atoms with E-state index in [4.69, 9.17) is 0 Å². The summed E-state index contributed by atoms with van der Waals surface area (Å²) in [4.78, 5) is 4.29. The minimum atomic E-state index is -0.176. The molecule has 2 atom stereocenters. The molecule has 0 radical (unpaired) electrons. The average Bonchev–Trinajstić information content (AvgIpc) is 2.76. The Morgan fingerprint density at radius 2 is 1.94 bits per heavy atom. The van der Waals surface area contributed by atoms with Crippen molar-refractivity contribution < 1.29 is 4.39 Å². The first-order valence-corrected chi connectivity index (χ1v) is 6.07. The zero-order valence-electron chi connectivity index (χ0n) is 10.9. The highest BCUT2D eigenvalue weighted by Crippen LogP contribution is 2.20. The number of imidazole rings is 1. The van der Waals surface area contributed by atoms with E-state index in [9.17, 15) is 4.39 Å². The number of hydrogen-bond donors (Lipinski definition) is 1. The minimum Gasteiger partial charge on any atom is -0.337 e. The molecule has 1 heterocycles. The summed E-state index contributed by atoms with van der Waals surface area (Å²) in [5, 5.41) is 3.36. The van der Waals surface area contributed by atoms with Crippen LogP contribution in [0.3, 0.4) is 0 Å². The molecule has 0 aliphatic rings. The van der Waals surface area contributed by atoms with Crippen LogP contribution in [0.5, 0.6) is 0 Å². The second-order valence-corrected chi connectivity index (χ2v) is 4.53. The maximum Gasteiger partial charge on any atom is 0.127 e. The molecule has 1 aromatic heterocycles. The Kier molecular flexibility index (Phi) is 3.77. The minimum absolute atomic E-state index is 0.0575. The van der Waals surface area contributed by atoms with Crippen LogP contribution in [-0.2, 0) is 7.05 Å². The first kappa shape index (κ1) is 12.8. The van der Waals surface area contributed by atoms with Crippen LogP contribution in [0.1, 0.15) is 37.3 Å². The molecule has 0 amide bonds. The van der Waals surface area contributed by atoms with Gasteiger partial charge in [0.25, 0.3) is 0 Å². The fourth-order valence-corrected chi connectivity index (χ4v) is 2.16. The zero-order chi connectivity index (χ0) is 13.1. The predicted molar refractivity (Wildman–Crippen MR) is 69.6 cm³/mol. The van der Waals surface area contributed by atoms with Gasteiger partial charge in [-0.2, -0.15) is 0 Å². The monoisotopic (exact) mass is 247 g/mol. The molecule has 4 heteroatoms. The number of benzene rings is 1. The summed E-state index contributed by atoms with van der Waals surface area (Å²) in [5.41, 5.74) is 0.679. The molecule has 1 aromatic carbocycles. The van der Waals surface area contributed by atoms with Crippen LogP contribution in [0, 0.1) is 5.82 Å². The average molecular weight is 247 g/mol. The Hall–Kier alpha value is -1.68. The summed E-state index contributed by atoms with van der Waals surface area (Å²) in [7, 11) is 1.95. The van der Waals surface area contributed by atoms with Crippen LogP contribution in [0.2, 0.25) is 0 Å². The van der Waals surface area contributed by atoms with E-state index in [1.54, 1.807) is 18.3 Å². The van der Waals surface area contributed by atoms with E-state index in [1.807, 2.05) is 37.7 Å². The maximum absolute atomic E-state index is 13.7. The quantitative estimate of drug-likeness (QED) is 0.900. The van der Waals surface area contributed by atoms with Gasteiger partial charge in [0, 0.05) is 31.0 Å². The van der Waals surface area contributed by atoms with E-state index in [-0.39, 0.29) is 17.9 Å². The van der Waals surface area contributed by atoms with E-state index < -0.39 is 0 Å². The van der Waals surface area contributed by atoms with E-state index in [2.05, 4.69) is 10.3 Å². The highest BCUT2D eigenvalue weighted by Gasteiger charge is 2.16. The molecule has 96 valence electrons. The van der Waals surface area contributed by atoms with Crippen LogP contribution in [0.15, 0.2) is 36.7 Å². The lowest BCUT2D eigenvalue weighted by Crippen LogP contribution is -2.25. The molecule has 0 bridgehead atoms. The van der Waals surface area contributed by atoms with Gasteiger partial charge in [0.15, 0.2) is 0 Å². The SMILES string of the molecule is CC(NC(C)c1nccn1C)c1ccccc1F. The van der Waals surface area contributed by atoms with Gasteiger partial charge in [0.2, 0.25) is 0 Å². The van der Waals surface area contributed by atoms with Gasteiger partial charge in [-0.15, -0.1) is 0 Å². The molecule has 0 fully saturated rings. The molecule has 0 aliphatic heterocycles. The largest absolute Gasteiger partial charge is 0.337 e. The Morgan fingerprint density at radius 3 is 2.56 bits per heavy atom. The normalized spacial score (nSPS) is 14.4. The molecular weight excluding hydrogens is 229 g/mol. The van der Waals surface area contributed by atoms with Crippen molar-refractivity contribution in [2.24, 2.45) is 7.05 Å². The van der Waals surface area contributed by atoms with Crippen LogP contribution >= 0.6 is 0 Å². The van der Waals surface area contributed by atoms with Crippen molar-refractivity contribution in [1.29, 1.82) is 0 Å². The van der Waals surface area contributed by atoms with Crippen LogP contribution < -0.4 is 5.32 Å². The second-order valence-electron chi connectivity index (χ2n) is 4.53. The third-order valence-corrected chi connectivity index (χ3v) is 3.12. The zero-order valence-corrected chi connectivity index (χ0v) is 10.9. The standard InChI is InChI=1S/C14H18FN3/c1-10(12-6-4-5-7-13(12)15)17-11(2)14-16-8-9-18(14)3/h4-11,17H,1-3H3. The number of halogens is 1. The molecular formula is C14H18FN3. The number of hydrogen-bond acceptors (Lipinski definition) is 2. The van der Waals surface area contributed by atoms with E-state index in [0.717, 1.165) is 5.82 Å². The van der Waals surface area contributed by atoms with Crippen molar-refractivity contribution in [3.63, 3.8) is 0 Å². The van der Waals surface area contributed by atoms with Gasteiger partial charge < -0.3 is 9.88 Å². The van der Waals surface area contributed by atoms with Crippen molar-refractivity contribution in [2.45, 2.75) is 25.9 Å². The molecule has 1 N–H and O–H groups in total. The van der Waals surface area contributed by atoms with Gasteiger partial charge in [-0.1, -0.05) is 18.2 Å². The van der Waals surface area contributed by atoms with E-state index >= 15 is 0 Å². The fourth-order valence-electron chi connectivity index (χ4n) is 2.16. The summed E-state index contributed by atoms with van der Waals surface area (Å²) in [6.45, 7) is 3.98. The summed E-state index contributed by atoms with van der Waals surface area (Å²) in [5.74, 6) is 0.766. The summed E-state index contributed by atoms with van der Waals surface area (Å²) >= 11 is 0. The smallest absolute Gasteiger partial charge is 0.127 e. The molecule has 0 saturated heterocycles. The number of aromatic nitrogens is 2. The summed E-state index contributed by atoms with van der Waals surface area (Å²) < 4.78 is 15.6. The summed E-state index contributed by atoms with van der Waals surface area (Å²) in [6, 6.07) is 6.85. The van der Waals surface area contributed by atoms with Gasteiger partial charge in [-0.3, -0.25) is 0 Å². The molecule has 18 heavy (non-hydrogen) atoms. The topological polar surface area (TPSA) is 29.9 Å². The first-order valence-electron chi connectivity index (χ1n) is 6.07. The van der Waals surface area contributed by atoms with Crippen molar-refractivity contribution in [3.05, 3.63) is 53.9 Å². The molecule has 2 aromatic rings. The Balaban J connectivity index is 2.11. The third kappa shape index (κ3) is 2.59. The van der Waals surface area contributed by atoms with Crippen LogP contribution in [0.4, 0.5) is 4.39 Å². The fraction of sp³-hybridized carbons (Fsp3) is 0.357. The number of nitrogens with zero attached hydrogens (tertiary/aromatic N) is 2.